The molecule has 1 rings (SSSR count). The topological polar surface area (TPSA) is 46.2 Å². The van der Waals surface area contributed by atoms with E-state index in [1.165, 1.54) is 19.3 Å². The van der Waals surface area contributed by atoms with Gasteiger partial charge in [0.05, 0.1) is 5.75 Å². The fourth-order valence-corrected chi connectivity index (χ4v) is 4.41. The Morgan fingerprint density at radius 1 is 1.25 bits per heavy atom. The standard InChI is InChI=1S/C11H23NO2S2/c1-3-9-16(13,14)12-10-11(15-2)7-5-4-6-8-11/h12H,3-10H2,1-2H3. The predicted molar refractivity (Wildman–Crippen MR) is 71.4 cm³/mol. The number of rotatable bonds is 6. The van der Waals surface area contributed by atoms with Gasteiger partial charge in [-0.15, -0.1) is 0 Å². The summed E-state index contributed by atoms with van der Waals surface area (Å²) in [6.45, 7) is 2.50. The van der Waals surface area contributed by atoms with E-state index in [2.05, 4.69) is 11.0 Å². The number of hydrogen-bond donors (Lipinski definition) is 1. The van der Waals surface area contributed by atoms with Gasteiger partial charge >= 0.3 is 0 Å². The van der Waals surface area contributed by atoms with Crippen LogP contribution in [0, 0.1) is 0 Å². The molecule has 0 amide bonds. The first-order valence-electron chi connectivity index (χ1n) is 6.06. The quantitative estimate of drug-likeness (QED) is 0.802. The predicted octanol–water partition coefficient (Wildman–Crippen LogP) is 2.38. The molecule has 0 aromatic rings. The molecule has 1 saturated carbocycles. The van der Waals surface area contributed by atoms with Crippen LogP contribution >= 0.6 is 11.8 Å². The van der Waals surface area contributed by atoms with Crippen LogP contribution in [0.3, 0.4) is 0 Å². The Morgan fingerprint density at radius 2 is 1.88 bits per heavy atom. The summed E-state index contributed by atoms with van der Waals surface area (Å²) in [5.74, 6) is 0.247. The van der Waals surface area contributed by atoms with Gasteiger partial charge in [-0.1, -0.05) is 26.2 Å². The molecule has 96 valence electrons. The number of thioether (sulfide) groups is 1. The highest BCUT2D eigenvalue weighted by Gasteiger charge is 2.32. The van der Waals surface area contributed by atoms with Gasteiger partial charge in [-0.2, -0.15) is 11.8 Å². The lowest BCUT2D eigenvalue weighted by molar-refractivity contribution is 0.395. The van der Waals surface area contributed by atoms with Crippen LogP contribution in [-0.2, 0) is 10.0 Å². The average molecular weight is 265 g/mol. The number of hydrogen-bond acceptors (Lipinski definition) is 3. The SMILES string of the molecule is CCCS(=O)(=O)NCC1(SC)CCCCC1. The Kier molecular flexibility index (Phi) is 5.61. The van der Waals surface area contributed by atoms with Crippen molar-refractivity contribution in [2.45, 2.75) is 50.2 Å². The highest BCUT2D eigenvalue weighted by molar-refractivity contribution is 8.00. The second-order valence-corrected chi connectivity index (χ2v) is 7.79. The van der Waals surface area contributed by atoms with E-state index in [0.29, 0.717) is 13.0 Å². The fraction of sp³-hybridized carbons (Fsp3) is 1.00. The summed E-state index contributed by atoms with van der Waals surface area (Å²) in [6, 6.07) is 0. The van der Waals surface area contributed by atoms with Crippen LogP contribution in [0.15, 0.2) is 0 Å². The zero-order chi connectivity index (χ0) is 12.1. The van der Waals surface area contributed by atoms with Crippen molar-refractivity contribution in [1.29, 1.82) is 0 Å². The summed E-state index contributed by atoms with van der Waals surface area (Å²) in [7, 11) is -3.04. The smallest absolute Gasteiger partial charge is 0.211 e. The summed E-state index contributed by atoms with van der Waals surface area (Å²) in [5.41, 5.74) is 0. The molecule has 0 unspecified atom stereocenters. The van der Waals surface area contributed by atoms with Gasteiger partial charge < -0.3 is 0 Å². The molecule has 0 saturated heterocycles. The van der Waals surface area contributed by atoms with Gasteiger partial charge in [0.25, 0.3) is 0 Å². The number of nitrogens with one attached hydrogen (secondary N) is 1. The Bertz CT molecular complexity index is 295. The lowest BCUT2D eigenvalue weighted by Gasteiger charge is -2.35. The normalized spacial score (nSPS) is 20.9. The molecule has 5 heteroatoms. The Balaban J connectivity index is 2.50. The van der Waals surface area contributed by atoms with Crippen LogP contribution in [0.2, 0.25) is 0 Å². The Morgan fingerprint density at radius 3 is 2.38 bits per heavy atom. The first kappa shape index (κ1) is 14.3. The van der Waals surface area contributed by atoms with Crippen LogP contribution in [-0.4, -0.2) is 31.7 Å². The minimum atomic E-state index is -3.04. The molecule has 1 aliphatic rings. The summed E-state index contributed by atoms with van der Waals surface area (Å²) in [4.78, 5) is 0. The van der Waals surface area contributed by atoms with Crippen molar-refractivity contribution in [2.75, 3.05) is 18.6 Å². The van der Waals surface area contributed by atoms with E-state index in [4.69, 9.17) is 0 Å². The van der Waals surface area contributed by atoms with Gasteiger partial charge in [0.2, 0.25) is 10.0 Å². The molecule has 1 fully saturated rings. The molecular weight excluding hydrogens is 242 g/mol. The lowest BCUT2D eigenvalue weighted by Crippen LogP contribution is -2.42. The zero-order valence-electron chi connectivity index (χ0n) is 10.3. The van der Waals surface area contributed by atoms with Gasteiger partial charge in [-0.05, 0) is 25.5 Å². The maximum atomic E-state index is 11.6. The Hall–Kier alpha value is 0.260. The maximum absolute atomic E-state index is 11.6. The fourth-order valence-electron chi connectivity index (χ4n) is 2.23. The largest absolute Gasteiger partial charge is 0.214 e. The van der Waals surface area contributed by atoms with E-state index in [-0.39, 0.29) is 10.5 Å². The van der Waals surface area contributed by atoms with Crippen LogP contribution in [0.1, 0.15) is 45.4 Å². The third kappa shape index (κ3) is 4.26. The van der Waals surface area contributed by atoms with E-state index in [0.717, 1.165) is 12.8 Å². The lowest BCUT2D eigenvalue weighted by atomic mass is 9.88. The molecular formula is C11H23NO2S2. The molecule has 0 bridgehead atoms. The van der Waals surface area contributed by atoms with Crippen LogP contribution in [0.25, 0.3) is 0 Å². The van der Waals surface area contributed by atoms with Crippen molar-refractivity contribution in [3.05, 3.63) is 0 Å². The van der Waals surface area contributed by atoms with E-state index in [1.807, 2.05) is 18.7 Å². The monoisotopic (exact) mass is 265 g/mol. The van der Waals surface area contributed by atoms with Crippen molar-refractivity contribution >= 4 is 21.8 Å². The van der Waals surface area contributed by atoms with E-state index in [1.54, 1.807) is 0 Å². The summed E-state index contributed by atoms with van der Waals surface area (Å²) in [5, 5.41) is 0. The van der Waals surface area contributed by atoms with Crippen molar-refractivity contribution in [3.8, 4) is 0 Å². The van der Waals surface area contributed by atoms with Crippen LogP contribution in [0.5, 0.6) is 0 Å². The third-order valence-electron chi connectivity index (χ3n) is 3.28. The molecule has 0 aliphatic heterocycles. The summed E-state index contributed by atoms with van der Waals surface area (Å²) < 4.78 is 26.1. The van der Waals surface area contributed by atoms with Gasteiger partial charge in [0.1, 0.15) is 0 Å². The minimum absolute atomic E-state index is 0.152. The third-order valence-corrected chi connectivity index (χ3v) is 6.23. The molecule has 16 heavy (non-hydrogen) atoms. The summed E-state index contributed by atoms with van der Waals surface area (Å²) >= 11 is 1.83. The molecule has 1 N–H and O–H groups in total. The van der Waals surface area contributed by atoms with E-state index >= 15 is 0 Å². The van der Waals surface area contributed by atoms with Gasteiger partial charge in [0.15, 0.2) is 0 Å². The van der Waals surface area contributed by atoms with Gasteiger partial charge in [-0.25, -0.2) is 13.1 Å². The van der Waals surface area contributed by atoms with Crippen molar-refractivity contribution < 1.29 is 8.42 Å². The van der Waals surface area contributed by atoms with E-state index < -0.39 is 10.0 Å². The van der Waals surface area contributed by atoms with Crippen LogP contribution < -0.4 is 4.72 Å². The van der Waals surface area contributed by atoms with Gasteiger partial charge in [-0.3, -0.25) is 0 Å². The first-order chi connectivity index (χ1) is 7.54. The second kappa shape index (κ2) is 6.26. The van der Waals surface area contributed by atoms with Crippen molar-refractivity contribution in [3.63, 3.8) is 0 Å². The Labute approximate surface area is 104 Å². The molecule has 3 nitrogen and oxygen atoms in total. The van der Waals surface area contributed by atoms with Crippen LogP contribution in [0.4, 0.5) is 0 Å². The van der Waals surface area contributed by atoms with Crippen molar-refractivity contribution in [2.24, 2.45) is 0 Å². The molecule has 0 aromatic carbocycles. The number of sulfonamides is 1. The maximum Gasteiger partial charge on any atom is 0.211 e. The molecule has 0 atom stereocenters. The molecule has 0 heterocycles. The minimum Gasteiger partial charge on any atom is -0.214 e. The average Bonchev–Trinajstić information content (AvgIpc) is 2.28. The highest BCUT2D eigenvalue weighted by atomic mass is 32.2. The first-order valence-corrected chi connectivity index (χ1v) is 8.94. The molecule has 1 aliphatic carbocycles. The summed E-state index contributed by atoms with van der Waals surface area (Å²) in [6.07, 6.45) is 8.82. The van der Waals surface area contributed by atoms with Crippen molar-refractivity contribution in [1.82, 2.24) is 4.72 Å². The molecule has 0 radical (unpaired) electrons. The molecule has 0 aromatic heterocycles. The van der Waals surface area contributed by atoms with Gasteiger partial charge in [0, 0.05) is 11.3 Å². The second-order valence-electron chi connectivity index (χ2n) is 4.59. The molecule has 0 spiro atoms. The van der Waals surface area contributed by atoms with E-state index in [9.17, 15) is 8.42 Å². The highest BCUT2D eigenvalue weighted by Crippen LogP contribution is 2.38. The zero-order valence-corrected chi connectivity index (χ0v) is 11.9.